The monoisotopic (exact) mass is 272 g/mol. The lowest BCUT2D eigenvalue weighted by molar-refractivity contribution is 0.164. The van der Waals surface area contributed by atoms with Crippen molar-refractivity contribution in [1.82, 2.24) is 4.72 Å². The Hall–Kier alpha value is -0.950. The number of benzene rings is 1. The van der Waals surface area contributed by atoms with Crippen LogP contribution in [0, 0.1) is 13.8 Å². The van der Waals surface area contributed by atoms with Crippen molar-refractivity contribution in [3.63, 3.8) is 0 Å². The van der Waals surface area contributed by atoms with Gasteiger partial charge in [-0.25, -0.2) is 13.1 Å². The van der Waals surface area contributed by atoms with Gasteiger partial charge in [0.2, 0.25) is 10.0 Å². The minimum Gasteiger partial charge on any atom is -0.392 e. The van der Waals surface area contributed by atoms with Crippen molar-refractivity contribution in [2.75, 3.05) is 6.54 Å². The zero-order chi connectivity index (χ0) is 13.9. The Kier molecular flexibility index (Phi) is 4.86. The lowest BCUT2D eigenvalue weighted by Crippen LogP contribution is -2.43. The van der Waals surface area contributed by atoms with Crippen LogP contribution in [0.25, 0.3) is 0 Å². The van der Waals surface area contributed by atoms with Crippen molar-refractivity contribution in [2.24, 2.45) is 5.73 Å². The molecular weight excluding hydrogens is 252 g/mol. The molecule has 1 rings (SSSR count). The van der Waals surface area contributed by atoms with E-state index >= 15 is 0 Å². The normalized spacial score (nSPS) is 15.4. The third-order valence-electron chi connectivity index (χ3n) is 2.75. The van der Waals surface area contributed by atoms with Gasteiger partial charge in [0.05, 0.1) is 11.0 Å². The molecule has 0 aliphatic carbocycles. The Labute approximate surface area is 108 Å². The molecule has 2 unspecified atom stereocenters. The summed E-state index contributed by atoms with van der Waals surface area (Å²) in [5.41, 5.74) is 7.28. The van der Waals surface area contributed by atoms with Crippen molar-refractivity contribution in [1.29, 1.82) is 0 Å². The van der Waals surface area contributed by atoms with E-state index in [0.717, 1.165) is 5.56 Å². The molecule has 0 radical (unpaired) electrons. The number of aliphatic hydroxyl groups is 1. The molecule has 4 N–H and O–H groups in total. The maximum absolute atomic E-state index is 12.0. The van der Waals surface area contributed by atoms with E-state index < -0.39 is 22.2 Å². The summed E-state index contributed by atoms with van der Waals surface area (Å²) >= 11 is 0. The summed E-state index contributed by atoms with van der Waals surface area (Å²) in [6.45, 7) is 5.18. The number of nitrogens with one attached hydrogen (secondary N) is 1. The van der Waals surface area contributed by atoms with Crippen LogP contribution in [0.15, 0.2) is 23.1 Å². The van der Waals surface area contributed by atoms with Crippen LogP contribution in [0.3, 0.4) is 0 Å². The first-order valence-corrected chi connectivity index (χ1v) is 7.23. The van der Waals surface area contributed by atoms with E-state index in [9.17, 15) is 13.5 Å². The van der Waals surface area contributed by atoms with E-state index in [1.165, 1.54) is 6.92 Å². The van der Waals surface area contributed by atoms with E-state index in [4.69, 9.17) is 5.73 Å². The summed E-state index contributed by atoms with van der Waals surface area (Å²) in [5.74, 6) is 0. The number of aliphatic hydroxyl groups excluding tert-OH is 1. The lowest BCUT2D eigenvalue weighted by atomic mass is 10.2. The van der Waals surface area contributed by atoms with Crippen molar-refractivity contribution in [3.05, 3.63) is 29.3 Å². The van der Waals surface area contributed by atoms with E-state index in [0.29, 0.717) is 5.56 Å². The van der Waals surface area contributed by atoms with Crippen LogP contribution in [0.5, 0.6) is 0 Å². The molecule has 1 aromatic rings. The highest BCUT2D eigenvalue weighted by Gasteiger charge is 2.19. The molecule has 0 spiro atoms. The van der Waals surface area contributed by atoms with Gasteiger partial charge in [0.1, 0.15) is 0 Å². The van der Waals surface area contributed by atoms with Gasteiger partial charge in [0.15, 0.2) is 0 Å². The minimum atomic E-state index is -3.58. The minimum absolute atomic E-state index is 0.00726. The standard InChI is InChI=1S/C12H20N2O3S/c1-8-4-5-12(9(2)6-8)18(16,17)14-7-11(13)10(3)15/h4-6,10-11,14-15H,7,13H2,1-3H3. The van der Waals surface area contributed by atoms with Gasteiger partial charge < -0.3 is 10.8 Å². The Morgan fingerprint density at radius 2 is 2.00 bits per heavy atom. The van der Waals surface area contributed by atoms with Gasteiger partial charge in [0.25, 0.3) is 0 Å². The largest absolute Gasteiger partial charge is 0.392 e. The molecule has 6 heteroatoms. The van der Waals surface area contributed by atoms with Gasteiger partial charge in [0, 0.05) is 12.6 Å². The van der Waals surface area contributed by atoms with Gasteiger partial charge in [-0.1, -0.05) is 17.7 Å². The lowest BCUT2D eigenvalue weighted by Gasteiger charge is -2.16. The summed E-state index contributed by atoms with van der Waals surface area (Å²) < 4.78 is 26.5. The number of nitrogens with two attached hydrogens (primary N) is 1. The molecular formula is C12H20N2O3S. The molecule has 0 aliphatic rings. The fourth-order valence-electron chi connectivity index (χ4n) is 1.56. The second-order valence-corrected chi connectivity index (χ2v) is 6.26. The van der Waals surface area contributed by atoms with Crippen molar-refractivity contribution < 1.29 is 13.5 Å². The van der Waals surface area contributed by atoms with Gasteiger partial charge in [-0.2, -0.15) is 0 Å². The van der Waals surface area contributed by atoms with Gasteiger partial charge in [-0.05, 0) is 32.4 Å². The first kappa shape index (κ1) is 15.1. The summed E-state index contributed by atoms with van der Waals surface area (Å²) in [5, 5.41) is 9.22. The number of hydrogen-bond acceptors (Lipinski definition) is 4. The zero-order valence-corrected chi connectivity index (χ0v) is 11.7. The van der Waals surface area contributed by atoms with Crippen LogP contribution in [-0.4, -0.2) is 32.2 Å². The number of rotatable bonds is 5. The molecule has 0 saturated heterocycles. The molecule has 0 aliphatic heterocycles. The van der Waals surface area contributed by atoms with Crippen LogP contribution in [0.2, 0.25) is 0 Å². The maximum atomic E-state index is 12.0. The maximum Gasteiger partial charge on any atom is 0.240 e. The third kappa shape index (κ3) is 3.78. The molecule has 102 valence electrons. The van der Waals surface area contributed by atoms with E-state index in [2.05, 4.69) is 4.72 Å². The van der Waals surface area contributed by atoms with Crippen LogP contribution < -0.4 is 10.5 Å². The highest BCUT2D eigenvalue weighted by molar-refractivity contribution is 7.89. The number of sulfonamides is 1. The zero-order valence-electron chi connectivity index (χ0n) is 10.8. The molecule has 18 heavy (non-hydrogen) atoms. The fraction of sp³-hybridized carbons (Fsp3) is 0.500. The summed E-state index contributed by atoms with van der Waals surface area (Å²) in [6, 6.07) is 4.51. The third-order valence-corrected chi connectivity index (χ3v) is 4.33. The van der Waals surface area contributed by atoms with Crippen molar-refractivity contribution >= 4 is 10.0 Å². The van der Waals surface area contributed by atoms with Crippen molar-refractivity contribution in [3.8, 4) is 0 Å². The Morgan fingerprint density at radius 3 is 2.50 bits per heavy atom. The molecule has 0 saturated carbocycles. The Morgan fingerprint density at radius 1 is 1.39 bits per heavy atom. The van der Waals surface area contributed by atoms with E-state index in [-0.39, 0.29) is 11.4 Å². The average Bonchev–Trinajstić information content (AvgIpc) is 2.25. The van der Waals surface area contributed by atoms with E-state index in [1.807, 2.05) is 13.0 Å². The van der Waals surface area contributed by atoms with Gasteiger partial charge >= 0.3 is 0 Å². The van der Waals surface area contributed by atoms with Crippen molar-refractivity contribution in [2.45, 2.75) is 37.8 Å². The molecule has 0 bridgehead atoms. The van der Waals surface area contributed by atoms with Crippen LogP contribution in [0.4, 0.5) is 0 Å². The molecule has 2 atom stereocenters. The SMILES string of the molecule is Cc1ccc(S(=O)(=O)NCC(N)C(C)O)c(C)c1. The quantitative estimate of drug-likeness (QED) is 0.718. The fourth-order valence-corrected chi connectivity index (χ4v) is 2.85. The smallest absolute Gasteiger partial charge is 0.240 e. The molecule has 0 amide bonds. The Bertz CT molecular complexity index is 512. The molecule has 0 heterocycles. The second-order valence-electron chi connectivity index (χ2n) is 4.53. The first-order valence-electron chi connectivity index (χ1n) is 5.74. The van der Waals surface area contributed by atoms with Crippen LogP contribution in [-0.2, 0) is 10.0 Å². The molecule has 0 fully saturated rings. The molecule has 1 aromatic carbocycles. The van der Waals surface area contributed by atoms with Gasteiger partial charge in [-0.15, -0.1) is 0 Å². The van der Waals surface area contributed by atoms with Gasteiger partial charge in [-0.3, -0.25) is 0 Å². The molecule has 0 aromatic heterocycles. The van der Waals surface area contributed by atoms with Crippen LogP contribution >= 0.6 is 0 Å². The summed E-state index contributed by atoms with van der Waals surface area (Å²) in [7, 11) is -3.58. The van der Waals surface area contributed by atoms with Crippen LogP contribution in [0.1, 0.15) is 18.1 Å². The van der Waals surface area contributed by atoms with E-state index in [1.54, 1.807) is 19.1 Å². The first-order chi connectivity index (χ1) is 8.24. The summed E-state index contributed by atoms with van der Waals surface area (Å²) in [6.07, 6.45) is -0.758. The average molecular weight is 272 g/mol. The Balaban J connectivity index is 2.87. The summed E-state index contributed by atoms with van der Waals surface area (Å²) in [4.78, 5) is 0.242. The topological polar surface area (TPSA) is 92.4 Å². The molecule has 5 nitrogen and oxygen atoms in total. The second kappa shape index (κ2) is 5.79. The number of aryl methyl sites for hydroxylation is 2. The highest BCUT2D eigenvalue weighted by Crippen LogP contribution is 2.16. The predicted octanol–water partition coefficient (Wildman–Crippen LogP) is 0.290. The number of hydrogen-bond donors (Lipinski definition) is 3. The predicted molar refractivity (Wildman–Crippen MR) is 70.8 cm³/mol. The highest BCUT2D eigenvalue weighted by atomic mass is 32.2.